The molecule has 0 saturated carbocycles. The number of carbonyl (C=O) groups excluding carboxylic acids is 1. The summed E-state index contributed by atoms with van der Waals surface area (Å²) in [5.41, 5.74) is 6.93. The van der Waals surface area contributed by atoms with E-state index in [0.29, 0.717) is 13.0 Å². The molecule has 0 fully saturated rings. The average Bonchev–Trinajstić information content (AvgIpc) is 2.29. The molecule has 86 valence electrons. The van der Waals surface area contributed by atoms with Crippen molar-refractivity contribution in [1.82, 2.24) is 4.90 Å². The topological polar surface area (TPSA) is 46.3 Å². The normalized spacial score (nSPS) is 11.9. The van der Waals surface area contributed by atoms with Gasteiger partial charge in [-0.25, -0.2) is 0 Å². The molecule has 16 heavy (non-hydrogen) atoms. The highest BCUT2D eigenvalue weighted by Crippen LogP contribution is 2.03. The molecule has 2 N–H and O–H groups in total. The quantitative estimate of drug-likeness (QED) is 0.755. The first-order valence-corrected chi connectivity index (χ1v) is 5.30. The fourth-order valence-electron chi connectivity index (χ4n) is 1.52. The third-order valence-corrected chi connectivity index (χ3v) is 2.39. The van der Waals surface area contributed by atoms with Crippen molar-refractivity contribution in [1.29, 1.82) is 0 Å². The number of rotatable bonds is 5. The minimum Gasteiger partial charge on any atom is -0.341 e. The van der Waals surface area contributed by atoms with Crippen LogP contribution in [0.2, 0.25) is 0 Å². The summed E-state index contributed by atoms with van der Waals surface area (Å²) in [5.74, 6) is -0.0521. The zero-order valence-corrected chi connectivity index (χ0v) is 9.60. The van der Waals surface area contributed by atoms with Gasteiger partial charge in [-0.3, -0.25) is 4.79 Å². The fourth-order valence-corrected chi connectivity index (χ4v) is 1.52. The number of benzene rings is 1. The maximum Gasteiger partial charge on any atom is 0.239 e. The first-order valence-electron chi connectivity index (χ1n) is 5.30. The number of hydrogen-bond acceptors (Lipinski definition) is 2. The van der Waals surface area contributed by atoms with Crippen LogP contribution < -0.4 is 5.73 Å². The molecule has 0 bridgehead atoms. The molecule has 0 heterocycles. The average molecular weight is 218 g/mol. The van der Waals surface area contributed by atoms with Crippen LogP contribution in [0, 0.1) is 0 Å². The van der Waals surface area contributed by atoms with E-state index >= 15 is 0 Å². The van der Waals surface area contributed by atoms with E-state index in [0.717, 1.165) is 5.56 Å². The van der Waals surface area contributed by atoms with E-state index in [4.69, 9.17) is 5.73 Å². The monoisotopic (exact) mass is 218 g/mol. The van der Waals surface area contributed by atoms with Crippen molar-refractivity contribution in [2.75, 3.05) is 13.6 Å². The van der Waals surface area contributed by atoms with Crippen molar-refractivity contribution in [3.05, 3.63) is 48.6 Å². The third kappa shape index (κ3) is 3.51. The van der Waals surface area contributed by atoms with E-state index in [-0.39, 0.29) is 5.91 Å². The highest BCUT2D eigenvalue weighted by molar-refractivity contribution is 5.81. The number of amides is 1. The van der Waals surface area contributed by atoms with Gasteiger partial charge in [-0.05, 0) is 12.0 Å². The van der Waals surface area contributed by atoms with Crippen LogP contribution >= 0.6 is 0 Å². The van der Waals surface area contributed by atoms with E-state index in [9.17, 15) is 4.79 Å². The standard InChI is InChI=1S/C13H18N2O/c1-3-9-15(2)13(16)12(14)10-11-7-5-4-6-8-11/h3-8,12H,1,9-10,14H2,2H3/t12-/m1/s1. The molecule has 0 aliphatic rings. The summed E-state index contributed by atoms with van der Waals surface area (Å²) in [4.78, 5) is 13.4. The van der Waals surface area contributed by atoms with E-state index in [2.05, 4.69) is 6.58 Å². The molecule has 3 nitrogen and oxygen atoms in total. The first-order chi connectivity index (χ1) is 7.65. The number of hydrogen-bond donors (Lipinski definition) is 1. The van der Waals surface area contributed by atoms with Gasteiger partial charge in [0, 0.05) is 13.6 Å². The molecule has 1 aromatic carbocycles. The summed E-state index contributed by atoms with van der Waals surface area (Å²) < 4.78 is 0. The number of nitrogens with zero attached hydrogens (tertiary/aromatic N) is 1. The molecule has 0 spiro atoms. The molecule has 0 aromatic heterocycles. The summed E-state index contributed by atoms with van der Waals surface area (Å²) in [6.07, 6.45) is 2.26. The summed E-state index contributed by atoms with van der Waals surface area (Å²) in [6, 6.07) is 9.30. The molecular formula is C13H18N2O. The summed E-state index contributed by atoms with van der Waals surface area (Å²) in [7, 11) is 1.73. The minimum absolute atomic E-state index is 0.0521. The van der Waals surface area contributed by atoms with Gasteiger partial charge in [-0.15, -0.1) is 6.58 Å². The second-order valence-electron chi connectivity index (χ2n) is 3.80. The Labute approximate surface area is 96.6 Å². The van der Waals surface area contributed by atoms with Crippen LogP contribution in [0.3, 0.4) is 0 Å². The van der Waals surface area contributed by atoms with Crippen LogP contribution in [0.15, 0.2) is 43.0 Å². The van der Waals surface area contributed by atoms with Gasteiger partial charge in [0.1, 0.15) is 0 Å². The van der Waals surface area contributed by atoms with Crippen molar-refractivity contribution >= 4 is 5.91 Å². The SMILES string of the molecule is C=CCN(C)C(=O)[C@H](N)Cc1ccccc1. The van der Waals surface area contributed by atoms with Crippen LogP contribution in [-0.2, 0) is 11.2 Å². The number of likely N-dealkylation sites (N-methyl/N-ethyl adjacent to an activating group) is 1. The number of carbonyl (C=O) groups is 1. The molecule has 0 aliphatic carbocycles. The predicted octanol–water partition coefficient (Wildman–Crippen LogP) is 1.20. The Hall–Kier alpha value is -1.61. The lowest BCUT2D eigenvalue weighted by Crippen LogP contribution is -2.43. The van der Waals surface area contributed by atoms with Crippen LogP contribution in [0.4, 0.5) is 0 Å². The van der Waals surface area contributed by atoms with E-state index in [1.165, 1.54) is 0 Å². The largest absolute Gasteiger partial charge is 0.341 e. The van der Waals surface area contributed by atoms with Gasteiger partial charge >= 0.3 is 0 Å². The van der Waals surface area contributed by atoms with Gasteiger partial charge in [0.05, 0.1) is 6.04 Å². The Morgan fingerprint density at radius 1 is 1.50 bits per heavy atom. The minimum atomic E-state index is -0.479. The van der Waals surface area contributed by atoms with Crippen molar-refractivity contribution in [3.63, 3.8) is 0 Å². The van der Waals surface area contributed by atoms with E-state index < -0.39 is 6.04 Å². The summed E-state index contributed by atoms with van der Waals surface area (Å²) in [6.45, 7) is 4.12. The molecule has 0 saturated heterocycles. The smallest absolute Gasteiger partial charge is 0.239 e. The van der Waals surface area contributed by atoms with Gasteiger partial charge in [0.15, 0.2) is 0 Å². The lowest BCUT2D eigenvalue weighted by Gasteiger charge is -2.19. The van der Waals surface area contributed by atoms with E-state index in [1.807, 2.05) is 30.3 Å². The molecule has 0 unspecified atom stereocenters. The molecule has 0 aliphatic heterocycles. The summed E-state index contributed by atoms with van der Waals surface area (Å²) in [5, 5.41) is 0. The Bertz CT molecular complexity index is 348. The van der Waals surface area contributed by atoms with E-state index in [1.54, 1.807) is 18.0 Å². The highest BCUT2D eigenvalue weighted by Gasteiger charge is 2.17. The summed E-state index contributed by atoms with van der Waals surface area (Å²) >= 11 is 0. The van der Waals surface area contributed by atoms with Gasteiger partial charge in [-0.2, -0.15) is 0 Å². The van der Waals surface area contributed by atoms with Gasteiger partial charge < -0.3 is 10.6 Å². The Balaban J connectivity index is 2.55. The first kappa shape index (κ1) is 12.5. The van der Waals surface area contributed by atoms with Gasteiger partial charge in [-0.1, -0.05) is 36.4 Å². The fraction of sp³-hybridized carbons (Fsp3) is 0.308. The molecule has 1 atom stereocenters. The highest BCUT2D eigenvalue weighted by atomic mass is 16.2. The number of nitrogens with two attached hydrogens (primary N) is 1. The molecule has 1 amide bonds. The molecule has 0 radical (unpaired) electrons. The van der Waals surface area contributed by atoms with Crippen LogP contribution in [0.5, 0.6) is 0 Å². The maximum atomic E-state index is 11.8. The van der Waals surface area contributed by atoms with Crippen LogP contribution in [0.1, 0.15) is 5.56 Å². The molecular weight excluding hydrogens is 200 g/mol. The predicted molar refractivity (Wildman–Crippen MR) is 66.0 cm³/mol. The van der Waals surface area contributed by atoms with Crippen molar-refractivity contribution in [3.8, 4) is 0 Å². The lowest BCUT2D eigenvalue weighted by atomic mass is 10.1. The van der Waals surface area contributed by atoms with Crippen LogP contribution in [0.25, 0.3) is 0 Å². The van der Waals surface area contributed by atoms with Crippen molar-refractivity contribution in [2.45, 2.75) is 12.5 Å². The molecule has 1 rings (SSSR count). The zero-order valence-electron chi connectivity index (χ0n) is 9.60. The molecule has 3 heteroatoms. The second kappa shape index (κ2) is 6.08. The maximum absolute atomic E-state index is 11.8. The van der Waals surface area contributed by atoms with Crippen LogP contribution in [-0.4, -0.2) is 30.4 Å². The van der Waals surface area contributed by atoms with Crippen molar-refractivity contribution < 1.29 is 4.79 Å². The van der Waals surface area contributed by atoms with Gasteiger partial charge in [0.25, 0.3) is 0 Å². The molecule has 1 aromatic rings. The Morgan fingerprint density at radius 2 is 2.12 bits per heavy atom. The zero-order chi connectivity index (χ0) is 12.0. The van der Waals surface area contributed by atoms with Gasteiger partial charge in [0.2, 0.25) is 5.91 Å². The third-order valence-electron chi connectivity index (χ3n) is 2.39. The Kier molecular flexibility index (Phi) is 4.73. The lowest BCUT2D eigenvalue weighted by molar-refractivity contribution is -0.130. The van der Waals surface area contributed by atoms with Crippen molar-refractivity contribution in [2.24, 2.45) is 5.73 Å². The Morgan fingerprint density at radius 3 is 2.69 bits per heavy atom. The second-order valence-corrected chi connectivity index (χ2v) is 3.80.